The van der Waals surface area contributed by atoms with Crippen molar-refractivity contribution in [3.8, 4) is 0 Å². The zero-order valence-electron chi connectivity index (χ0n) is 20.1. The van der Waals surface area contributed by atoms with Crippen LogP contribution in [0.3, 0.4) is 0 Å². The van der Waals surface area contributed by atoms with Gasteiger partial charge < -0.3 is 10.6 Å². The number of nitrogens with two attached hydrogens (primary N) is 1. The van der Waals surface area contributed by atoms with E-state index < -0.39 is 6.03 Å². The predicted octanol–water partition coefficient (Wildman–Crippen LogP) is 5.43. The summed E-state index contributed by atoms with van der Waals surface area (Å²) in [7, 11) is 0. The molecule has 2 amide bonds. The monoisotopic (exact) mass is 465 g/mol. The van der Waals surface area contributed by atoms with E-state index >= 15 is 0 Å². The topological polar surface area (TPSA) is 66.6 Å². The molecule has 1 saturated heterocycles. The maximum Gasteiger partial charge on any atom is 0.319 e. The van der Waals surface area contributed by atoms with Crippen molar-refractivity contribution in [3.05, 3.63) is 65.5 Å². The highest BCUT2D eigenvalue weighted by Crippen LogP contribution is 2.33. The van der Waals surface area contributed by atoms with Crippen molar-refractivity contribution in [1.29, 1.82) is 0 Å². The van der Waals surface area contributed by atoms with Crippen molar-refractivity contribution in [2.45, 2.75) is 57.9 Å². The fraction of sp³-hybridized carbons (Fsp3) is 0.500. The van der Waals surface area contributed by atoms with Gasteiger partial charge in [-0.3, -0.25) is 9.69 Å². The third-order valence-corrected chi connectivity index (χ3v) is 7.55. The van der Waals surface area contributed by atoms with Crippen LogP contribution in [0, 0.1) is 17.7 Å². The number of halogens is 1. The summed E-state index contributed by atoms with van der Waals surface area (Å²) in [6.07, 6.45) is 7.47. The minimum atomic E-state index is -0.451. The van der Waals surface area contributed by atoms with Crippen molar-refractivity contribution in [3.63, 3.8) is 0 Å². The van der Waals surface area contributed by atoms with Crippen LogP contribution in [0.15, 0.2) is 48.5 Å². The van der Waals surface area contributed by atoms with Crippen LogP contribution in [0.2, 0.25) is 0 Å². The van der Waals surface area contributed by atoms with Crippen molar-refractivity contribution >= 4 is 17.5 Å². The Morgan fingerprint density at radius 1 is 1.03 bits per heavy atom. The Bertz CT molecular complexity index is 985. The molecular formula is C28H36FN3O2. The summed E-state index contributed by atoms with van der Waals surface area (Å²) < 4.78 is 13.2. The largest absolute Gasteiger partial charge is 0.351 e. The maximum atomic E-state index is 13.2. The van der Waals surface area contributed by atoms with Gasteiger partial charge in [-0.1, -0.05) is 30.7 Å². The molecule has 1 heterocycles. The molecule has 2 aromatic carbocycles. The standard InChI is InChI=1S/C28H36FN3O2/c1-20(33)24-5-3-7-27(18-24)32(28(30)34)26-6-2-4-23(17-26)19-31-14-12-22(13-15-31)16-21-8-10-25(29)11-9-21/h3,5,7-11,18,22-23,26H,2,4,6,12-17,19H2,1H3,(H2,30,34). The van der Waals surface area contributed by atoms with Gasteiger partial charge in [0.15, 0.2) is 5.78 Å². The second-order valence-corrected chi connectivity index (χ2v) is 10.1. The average molecular weight is 466 g/mol. The van der Waals surface area contributed by atoms with Gasteiger partial charge >= 0.3 is 6.03 Å². The lowest BCUT2D eigenvalue weighted by atomic mass is 9.83. The highest BCUT2D eigenvalue weighted by molar-refractivity contribution is 5.97. The highest BCUT2D eigenvalue weighted by Gasteiger charge is 2.31. The number of carbonyl (C=O) groups is 2. The van der Waals surface area contributed by atoms with Crippen molar-refractivity contribution in [1.82, 2.24) is 4.90 Å². The first-order valence-electron chi connectivity index (χ1n) is 12.6. The lowest BCUT2D eigenvalue weighted by Gasteiger charge is -2.40. The van der Waals surface area contributed by atoms with E-state index in [0.29, 0.717) is 23.1 Å². The zero-order valence-corrected chi connectivity index (χ0v) is 20.1. The molecule has 1 aliphatic carbocycles. The van der Waals surface area contributed by atoms with Crippen LogP contribution < -0.4 is 10.6 Å². The van der Waals surface area contributed by atoms with E-state index in [2.05, 4.69) is 4.90 Å². The van der Waals surface area contributed by atoms with Gasteiger partial charge in [-0.05, 0) is 100 Å². The summed E-state index contributed by atoms with van der Waals surface area (Å²) in [6.45, 7) is 4.77. The molecule has 0 aromatic heterocycles. The molecule has 6 heteroatoms. The first-order valence-corrected chi connectivity index (χ1v) is 12.6. The lowest BCUT2D eigenvalue weighted by Crippen LogP contribution is -2.47. The number of Topliss-reactive ketones (excluding diaryl/α,β-unsaturated/α-hetero) is 1. The molecular weight excluding hydrogens is 429 g/mol. The van der Waals surface area contributed by atoms with Gasteiger partial charge in [-0.25, -0.2) is 9.18 Å². The third kappa shape index (κ3) is 6.23. The summed E-state index contributed by atoms with van der Waals surface area (Å²) in [6, 6.07) is 13.8. The van der Waals surface area contributed by atoms with Gasteiger partial charge in [-0.15, -0.1) is 0 Å². The Balaban J connectivity index is 1.32. The van der Waals surface area contributed by atoms with E-state index in [-0.39, 0.29) is 17.6 Å². The van der Waals surface area contributed by atoms with Crippen molar-refractivity contribution < 1.29 is 14.0 Å². The molecule has 2 unspecified atom stereocenters. The number of nitrogens with zero attached hydrogens (tertiary/aromatic N) is 2. The number of ketones is 1. The number of rotatable bonds is 7. The van der Waals surface area contributed by atoms with Gasteiger partial charge in [0, 0.05) is 23.8 Å². The molecule has 5 nitrogen and oxygen atoms in total. The number of primary amides is 1. The number of carbonyl (C=O) groups excluding carboxylic acids is 2. The van der Waals surface area contributed by atoms with Crippen LogP contribution in [0.5, 0.6) is 0 Å². The number of hydrogen-bond donors (Lipinski definition) is 1. The first kappa shape index (κ1) is 24.4. The SMILES string of the molecule is CC(=O)c1cccc(N(C(N)=O)C2CCCC(CN3CCC(Cc4ccc(F)cc4)CC3)C2)c1. The molecule has 2 N–H and O–H groups in total. The molecule has 4 rings (SSSR count). The van der Waals surface area contributed by atoms with Crippen molar-refractivity contribution in [2.24, 2.45) is 17.6 Å². The van der Waals surface area contributed by atoms with E-state index in [4.69, 9.17) is 5.73 Å². The van der Waals surface area contributed by atoms with E-state index in [1.165, 1.54) is 31.7 Å². The average Bonchev–Trinajstić information content (AvgIpc) is 2.82. The van der Waals surface area contributed by atoms with Crippen LogP contribution >= 0.6 is 0 Å². The third-order valence-electron chi connectivity index (χ3n) is 7.55. The second kappa shape index (κ2) is 11.1. The Kier molecular flexibility index (Phi) is 7.99. The Hall–Kier alpha value is -2.73. The molecule has 2 atom stereocenters. The zero-order chi connectivity index (χ0) is 24.1. The summed E-state index contributed by atoms with van der Waals surface area (Å²) in [5.74, 6) is 0.992. The number of likely N-dealkylation sites (tertiary alicyclic amines) is 1. The summed E-state index contributed by atoms with van der Waals surface area (Å²) in [5, 5.41) is 0. The Morgan fingerprint density at radius 3 is 2.44 bits per heavy atom. The number of anilines is 1. The fourth-order valence-corrected chi connectivity index (χ4v) is 5.75. The smallest absolute Gasteiger partial charge is 0.319 e. The number of hydrogen-bond acceptors (Lipinski definition) is 3. The minimum Gasteiger partial charge on any atom is -0.351 e. The molecule has 0 radical (unpaired) electrons. The van der Waals surface area contributed by atoms with Gasteiger partial charge in [-0.2, -0.15) is 0 Å². The minimum absolute atomic E-state index is 0.0179. The second-order valence-electron chi connectivity index (χ2n) is 10.1. The van der Waals surface area contributed by atoms with E-state index in [9.17, 15) is 14.0 Å². The van der Waals surface area contributed by atoms with Crippen LogP contribution in [0.25, 0.3) is 0 Å². The van der Waals surface area contributed by atoms with E-state index in [1.54, 1.807) is 29.2 Å². The summed E-state index contributed by atoms with van der Waals surface area (Å²) >= 11 is 0. The highest BCUT2D eigenvalue weighted by atomic mass is 19.1. The molecule has 1 aliphatic heterocycles. The lowest BCUT2D eigenvalue weighted by molar-refractivity contribution is 0.101. The van der Waals surface area contributed by atoms with Crippen LogP contribution in [-0.2, 0) is 6.42 Å². The molecule has 0 bridgehead atoms. The predicted molar refractivity (Wildman–Crippen MR) is 134 cm³/mol. The van der Waals surface area contributed by atoms with E-state index in [1.807, 2.05) is 24.3 Å². The van der Waals surface area contributed by atoms with E-state index in [0.717, 1.165) is 45.3 Å². The molecule has 2 aromatic rings. The molecule has 182 valence electrons. The van der Waals surface area contributed by atoms with Crippen LogP contribution in [0.1, 0.15) is 61.4 Å². The molecule has 2 aliphatic rings. The van der Waals surface area contributed by atoms with Crippen LogP contribution in [-0.4, -0.2) is 42.4 Å². The normalized spacial score (nSPS) is 21.8. The number of urea groups is 1. The Morgan fingerprint density at radius 2 is 1.76 bits per heavy atom. The van der Waals surface area contributed by atoms with Gasteiger partial charge in [0.1, 0.15) is 5.82 Å². The van der Waals surface area contributed by atoms with Gasteiger partial charge in [0.25, 0.3) is 0 Å². The number of amides is 2. The van der Waals surface area contributed by atoms with Crippen molar-refractivity contribution in [2.75, 3.05) is 24.5 Å². The number of benzene rings is 2. The quantitative estimate of drug-likeness (QED) is 0.555. The summed E-state index contributed by atoms with van der Waals surface area (Å²) in [5.41, 5.74) is 8.34. The van der Waals surface area contributed by atoms with Crippen LogP contribution in [0.4, 0.5) is 14.9 Å². The fourth-order valence-electron chi connectivity index (χ4n) is 5.75. The Labute approximate surface area is 202 Å². The maximum absolute atomic E-state index is 13.2. The molecule has 0 spiro atoms. The molecule has 34 heavy (non-hydrogen) atoms. The molecule has 2 fully saturated rings. The van der Waals surface area contributed by atoms with Gasteiger partial charge in [0.2, 0.25) is 0 Å². The first-order chi connectivity index (χ1) is 16.4. The van der Waals surface area contributed by atoms with Gasteiger partial charge in [0.05, 0.1) is 0 Å². The number of piperidine rings is 1. The molecule has 1 saturated carbocycles. The summed E-state index contributed by atoms with van der Waals surface area (Å²) in [4.78, 5) is 28.5.